The first kappa shape index (κ1) is 7.32. The molecule has 0 aromatic rings. The van der Waals surface area contributed by atoms with Crippen molar-refractivity contribution in [3.63, 3.8) is 0 Å². The highest BCUT2D eigenvalue weighted by Crippen LogP contribution is 2.47. The van der Waals surface area contributed by atoms with Crippen molar-refractivity contribution in [2.75, 3.05) is 18.3 Å². The van der Waals surface area contributed by atoms with Crippen LogP contribution in [0.3, 0.4) is 0 Å². The first-order valence-electron chi connectivity index (χ1n) is 1.84. The van der Waals surface area contributed by atoms with Gasteiger partial charge < -0.3 is 0 Å². The van der Waals surface area contributed by atoms with Gasteiger partial charge in [-0.3, -0.25) is 0 Å². The van der Waals surface area contributed by atoms with Gasteiger partial charge in [0.15, 0.2) is 0 Å². The molecule has 42 valence electrons. The number of nitrogens with zero attached hydrogens (tertiary/aromatic N) is 1. The first-order chi connectivity index (χ1) is 3.06. The summed E-state index contributed by atoms with van der Waals surface area (Å²) in [5, 5.41) is 8.14. The summed E-state index contributed by atoms with van der Waals surface area (Å²) in [6.07, 6.45) is 4.10. The maximum atomic E-state index is 8.14. The fraction of sp³-hybridized carbons (Fsp3) is 0.750. The van der Waals surface area contributed by atoms with Gasteiger partial charge in [-0.15, -0.1) is 0 Å². The predicted molar refractivity (Wildman–Crippen MR) is 38.8 cm³/mol. The van der Waals surface area contributed by atoms with Crippen LogP contribution in [0, 0.1) is 11.3 Å². The second kappa shape index (κ2) is 2.58. The first-order valence-corrected chi connectivity index (χ1v) is 6.30. The zero-order valence-electron chi connectivity index (χ0n) is 4.44. The van der Waals surface area contributed by atoms with Crippen molar-refractivity contribution in [3.05, 3.63) is 0 Å². The third kappa shape index (κ3) is 6.32. The fourth-order valence-electron chi connectivity index (χ4n) is 0.153. The highest BCUT2D eigenvalue weighted by molar-refractivity contribution is 9.58. The topological polar surface area (TPSA) is 23.8 Å². The number of rotatable bonds is 1. The molecule has 0 aromatic heterocycles. The van der Waals surface area contributed by atoms with Crippen molar-refractivity contribution in [2.24, 2.45) is 0 Å². The molecule has 0 N–H and O–H groups in total. The summed E-state index contributed by atoms with van der Waals surface area (Å²) in [5.41, 5.74) is 0. The molecule has 0 radical (unpaired) electrons. The van der Waals surface area contributed by atoms with E-state index < -0.39 is 8.46 Å². The van der Waals surface area contributed by atoms with Crippen molar-refractivity contribution in [1.82, 2.24) is 0 Å². The Hall–Kier alpha value is 0.320. The number of nitriles is 1. The molecular formula is C4H8BrNS. The second-order valence-electron chi connectivity index (χ2n) is 1.71. The molecule has 0 saturated heterocycles. The van der Waals surface area contributed by atoms with Crippen LogP contribution >= 0.6 is 23.3 Å². The van der Waals surface area contributed by atoms with Gasteiger partial charge in [0.25, 0.3) is 0 Å². The van der Waals surface area contributed by atoms with Crippen LogP contribution < -0.4 is 0 Å². The van der Waals surface area contributed by atoms with E-state index in [2.05, 4.69) is 33.4 Å². The number of hydrogen-bond acceptors (Lipinski definition) is 1. The van der Waals surface area contributed by atoms with Gasteiger partial charge in [0, 0.05) is 0 Å². The van der Waals surface area contributed by atoms with Gasteiger partial charge in [-0.05, 0) is 27.3 Å². The van der Waals surface area contributed by atoms with Crippen LogP contribution in [0.2, 0.25) is 0 Å². The van der Waals surface area contributed by atoms with Crippen LogP contribution in [0.4, 0.5) is 0 Å². The maximum absolute atomic E-state index is 8.14. The second-order valence-corrected chi connectivity index (χ2v) is 10.1. The molecule has 0 aliphatic carbocycles. The Morgan fingerprint density at radius 1 is 1.71 bits per heavy atom. The van der Waals surface area contributed by atoms with Gasteiger partial charge in [-0.1, -0.05) is 0 Å². The van der Waals surface area contributed by atoms with Gasteiger partial charge in [0.2, 0.25) is 0 Å². The quantitative estimate of drug-likeness (QED) is 0.607. The lowest BCUT2D eigenvalue weighted by atomic mass is 10.9. The average Bonchev–Trinajstić information content (AvgIpc) is 1.30. The minimum Gasteiger partial charge on any atom is -0.197 e. The lowest BCUT2D eigenvalue weighted by molar-refractivity contribution is 1.49. The molecule has 0 rings (SSSR count). The van der Waals surface area contributed by atoms with Gasteiger partial charge in [0.1, 0.15) is 0 Å². The van der Waals surface area contributed by atoms with Crippen LogP contribution in [-0.4, -0.2) is 18.3 Å². The van der Waals surface area contributed by atoms with Gasteiger partial charge in [-0.2, -0.15) is 13.7 Å². The molecule has 1 nitrogen and oxygen atoms in total. The summed E-state index contributed by atoms with van der Waals surface area (Å²) >= 11 is 3.40. The molecule has 0 saturated carbocycles. The van der Waals surface area contributed by atoms with Crippen LogP contribution in [0.15, 0.2) is 0 Å². The van der Waals surface area contributed by atoms with Crippen molar-refractivity contribution in [3.8, 4) is 6.07 Å². The summed E-state index contributed by atoms with van der Waals surface area (Å²) in [5.74, 6) is 0.646. The molecule has 0 spiro atoms. The SMILES string of the molecule is CS(C)(Br)CC#N. The summed E-state index contributed by atoms with van der Waals surface area (Å²) in [6, 6.07) is 2.10. The van der Waals surface area contributed by atoms with Gasteiger partial charge in [-0.25, -0.2) is 0 Å². The third-order valence-corrected chi connectivity index (χ3v) is 1.91. The largest absolute Gasteiger partial charge is 0.197 e. The molecule has 0 amide bonds. The van der Waals surface area contributed by atoms with E-state index >= 15 is 0 Å². The Labute approximate surface area is 53.2 Å². The van der Waals surface area contributed by atoms with Gasteiger partial charge >= 0.3 is 0 Å². The minimum atomic E-state index is -0.723. The smallest absolute Gasteiger partial charge is 0.0735 e. The molecule has 0 bridgehead atoms. The summed E-state index contributed by atoms with van der Waals surface area (Å²) in [7, 11) is -0.723. The van der Waals surface area contributed by atoms with Crippen LogP contribution in [-0.2, 0) is 0 Å². The number of halogens is 1. The minimum absolute atomic E-state index is 0.646. The Balaban J connectivity index is 3.40. The van der Waals surface area contributed by atoms with E-state index in [0.717, 1.165) is 0 Å². The zero-order chi connectivity index (χ0) is 5.91. The van der Waals surface area contributed by atoms with Crippen LogP contribution in [0.1, 0.15) is 0 Å². The molecule has 0 aliphatic heterocycles. The summed E-state index contributed by atoms with van der Waals surface area (Å²) in [6.45, 7) is 0. The van der Waals surface area contributed by atoms with Crippen molar-refractivity contribution >= 4 is 23.3 Å². The van der Waals surface area contributed by atoms with Crippen molar-refractivity contribution < 1.29 is 0 Å². The summed E-state index contributed by atoms with van der Waals surface area (Å²) < 4.78 is 0. The molecule has 7 heavy (non-hydrogen) atoms. The standard InChI is InChI=1S/C4H8BrNS/c1-7(2,5)4-3-6/h4H2,1-2H3. The van der Waals surface area contributed by atoms with E-state index in [1.54, 1.807) is 0 Å². The Morgan fingerprint density at radius 3 is 2.14 bits per heavy atom. The fourth-order valence-corrected chi connectivity index (χ4v) is 0.768. The van der Waals surface area contributed by atoms with Crippen molar-refractivity contribution in [2.45, 2.75) is 0 Å². The number of hydrogen-bond donors (Lipinski definition) is 0. The van der Waals surface area contributed by atoms with E-state index in [9.17, 15) is 0 Å². The molecule has 0 fully saturated rings. The predicted octanol–water partition coefficient (Wildman–Crippen LogP) is 1.88. The normalized spacial score (nSPS) is 12.9. The molecule has 0 aliphatic rings. The van der Waals surface area contributed by atoms with E-state index in [0.29, 0.717) is 5.75 Å². The lowest BCUT2D eigenvalue weighted by Gasteiger charge is -2.16. The zero-order valence-corrected chi connectivity index (χ0v) is 6.84. The highest BCUT2D eigenvalue weighted by Gasteiger charge is 2.02. The maximum Gasteiger partial charge on any atom is 0.0735 e. The van der Waals surface area contributed by atoms with E-state index in [-0.39, 0.29) is 0 Å². The molecule has 0 aromatic carbocycles. The monoisotopic (exact) mass is 181 g/mol. The van der Waals surface area contributed by atoms with Gasteiger partial charge in [0.05, 0.1) is 11.8 Å². The molecular weight excluding hydrogens is 174 g/mol. The molecule has 0 atom stereocenters. The van der Waals surface area contributed by atoms with E-state index in [1.807, 2.05) is 0 Å². The highest BCUT2D eigenvalue weighted by atomic mass is 79.9. The molecule has 0 unspecified atom stereocenters. The van der Waals surface area contributed by atoms with Crippen LogP contribution in [0.25, 0.3) is 0 Å². The molecule has 0 heterocycles. The van der Waals surface area contributed by atoms with E-state index in [1.165, 1.54) is 0 Å². The van der Waals surface area contributed by atoms with Crippen LogP contribution in [0.5, 0.6) is 0 Å². The average molecular weight is 182 g/mol. The molecule has 3 heteroatoms. The Morgan fingerprint density at radius 2 is 2.14 bits per heavy atom. The van der Waals surface area contributed by atoms with Crippen molar-refractivity contribution in [1.29, 1.82) is 5.26 Å². The summed E-state index contributed by atoms with van der Waals surface area (Å²) in [4.78, 5) is 0. The van der Waals surface area contributed by atoms with E-state index in [4.69, 9.17) is 5.26 Å². The Bertz CT molecular complexity index is 88.8. The Kier molecular flexibility index (Phi) is 2.70. The lowest BCUT2D eigenvalue weighted by Crippen LogP contribution is -1.86. The third-order valence-electron chi connectivity index (χ3n) is 0.408.